The largest absolute Gasteiger partial charge is 0.339 e. The summed E-state index contributed by atoms with van der Waals surface area (Å²) in [6.45, 7) is 13.3. The number of carbonyl (C=O) groups is 1. The van der Waals surface area contributed by atoms with E-state index in [9.17, 15) is 13.2 Å². The van der Waals surface area contributed by atoms with E-state index in [1.807, 2.05) is 33.8 Å². The Morgan fingerprint density at radius 1 is 0.871 bits per heavy atom. The molecule has 0 N–H and O–H groups in total. The molecule has 0 aromatic heterocycles. The van der Waals surface area contributed by atoms with Gasteiger partial charge in [-0.2, -0.15) is 4.31 Å². The van der Waals surface area contributed by atoms with E-state index in [1.165, 1.54) is 15.4 Å². The van der Waals surface area contributed by atoms with Gasteiger partial charge >= 0.3 is 0 Å². The van der Waals surface area contributed by atoms with Crippen LogP contribution in [0.15, 0.2) is 34.1 Å². The molecule has 0 aliphatic carbocycles. The number of benzene rings is 2. The molecule has 0 spiro atoms. The molecule has 5 nitrogen and oxygen atoms in total. The molecule has 0 bridgehead atoms. The third-order valence-corrected chi connectivity index (χ3v) is 9.50. The van der Waals surface area contributed by atoms with Crippen LogP contribution in [0.4, 0.5) is 0 Å². The Balaban J connectivity index is 1.66. The average Bonchev–Trinajstić information content (AvgIpc) is 2.71. The first-order valence-corrected chi connectivity index (χ1v) is 13.0. The van der Waals surface area contributed by atoms with Crippen molar-refractivity contribution < 1.29 is 13.2 Å². The van der Waals surface area contributed by atoms with Crippen molar-refractivity contribution in [2.24, 2.45) is 0 Å². The molecule has 1 saturated heterocycles. The molecule has 168 valence electrons. The minimum Gasteiger partial charge on any atom is -0.339 e. The first kappa shape index (κ1) is 23.8. The van der Waals surface area contributed by atoms with Crippen molar-refractivity contribution in [2.75, 3.05) is 31.9 Å². The summed E-state index contributed by atoms with van der Waals surface area (Å²) in [6.07, 6.45) is 0. The molecule has 0 atom stereocenters. The fraction of sp³-hybridized carbons (Fsp3) is 0.458. The maximum absolute atomic E-state index is 13.4. The Morgan fingerprint density at radius 3 is 2.00 bits per heavy atom. The fourth-order valence-corrected chi connectivity index (χ4v) is 6.98. The molecular formula is C24H32N2O3S2. The molecule has 1 aliphatic heterocycles. The Hall–Kier alpha value is -1.83. The Bertz CT molecular complexity index is 1080. The summed E-state index contributed by atoms with van der Waals surface area (Å²) >= 11 is 1.54. The molecule has 0 unspecified atom stereocenters. The molecular weight excluding hydrogens is 428 g/mol. The number of amides is 1. The van der Waals surface area contributed by atoms with Gasteiger partial charge in [-0.1, -0.05) is 23.8 Å². The highest BCUT2D eigenvalue weighted by Gasteiger charge is 2.32. The van der Waals surface area contributed by atoms with Crippen molar-refractivity contribution in [1.82, 2.24) is 9.21 Å². The molecule has 2 aromatic rings. The minimum absolute atomic E-state index is 0.0563. The van der Waals surface area contributed by atoms with Crippen LogP contribution in [-0.2, 0) is 14.8 Å². The summed E-state index contributed by atoms with van der Waals surface area (Å²) in [5.41, 5.74) is 5.98. The Kier molecular flexibility index (Phi) is 7.18. The smallest absolute Gasteiger partial charge is 0.243 e. The Labute approximate surface area is 190 Å². The van der Waals surface area contributed by atoms with Gasteiger partial charge in [0.25, 0.3) is 0 Å². The van der Waals surface area contributed by atoms with Crippen molar-refractivity contribution in [3.63, 3.8) is 0 Å². The predicted octanol–water partition coefficient (Wildman–Crippen LogP) is 4.16. The number of nitrogens with zero attached hydrogens (tertiary/aromatic N) is 2. The van der Waals surface area contributed by atoms with Crippen LogP contribution in [0.3, 0.4) is 0 Å². The SMILES string of the molecule is Cc1ccc(SCC(=O)N2CCN(S(=O)(=O)c3c(C)c(C)cc(C)c3C)CC2)c(C)c1. The van der Waals surface area contributed by atoms with Crippen molar-refractivity contribution >= 4 is 27.7 Å². The van der Waals surface area contributed by atoms with Gasteiger partial charge in [-0.05, 0) is 75.4 Å². The van der Waals surface area contributed by atoms with Crippen molar-refractivity contribution in [3.05, 3.63) is 57.6 Å². The molecule has 1 aliphatic rings. The third kappa shape index (κ3) is 4.99. The second-order valence-electron chi connectivity index (χ2n) is 8.43. The van der Waals surface area contributed by atoms with Crippen LogP contribution >= 0.6 is 11.8 Å². The highest BCUT2D eigenvalue weighted by molar-refractivity contribution is 8.00. The van der Waals surface area contributed by atoms with Crippen molar-refractivity contribution in [2.45, 2.75) is 51.3 Å². The van der Waals surface area contributed by atoms with Crippen LogP contribution in [0.1, 0.15) is 33.4 Å². The van der Waals surface area contributed by atoms with E-state index in [0.717, 1.165) is 27.1 Å². The van der Waals surface area contributed by atoms with Gasteiger partial charge in [0.15, 0.2) is 0 Å². The maximum atomic E-state index is 13.4. The van der Waals surface area contributed by atoms with Crippen LogP contribution in [0.2, 0.25) is 0 Å². The first-order chi connectivity index (χ1) is 14.5. The maximum Gasteiger partial charge on any atom is 0.243 e. The number of thioether (sulfide) groups is 1. The van der Waals surface area contributed by atoms with E-state index in [1.54, 1.807) is 16.7 Å². The summed E-state index contributed by atoms with van der Waals surface area (Å²) in [5, 5.41) is 0. The first-order valence-electron chi connectivity index (χ1n) is 10.6. The number of rotatable bonds is 5. The highest BCUT2D eigenvalue weighted by atomic mass is 32.2. The lowest BCUT2D eigenvalue weighted by Crippen LogP contribution is -2.51. The molecule has 1 heterocycles. The number of sulfonamides is 1. The van der Waals surface area contributed by atoms with Crippen LogP contribution in [-0.4, -0.2) is 55.5 Å². The van der Waals surface area contributed by atoms with Gasteiger partial charge in [-0.3, -0.25) is 4.79 Å². The number of piperazine rings is 1. The third-order valence-electron chi connectivity index (χ3n) is 6.17. The van der Waals surface area contributed by atoms with Gasteiger partial charge < -0.3 is 4.90 Å². The fourth-order valence-electron chi connectivity index (χ4n) is 4.07. The number of aryl methyl sites for hydroxylation is 4. The Morgan fingerprint density at radius 2 is 1.45 bits per heavy atom. The molecule has 7 heteroatoms. The number of carbonyl (C=O) groups excluding carboxylic acids is 1. The number of hydrogen-bond donors (Lipinski definition) is 0. The van der Waals surface area contributed by atoms with Gasteiger partial charge in [0.2, 0.25) is 15.9 Å². The van der Waals surface area contributed by atoms with E-state index in [0.29, 0.717) is 36.8 Å². The predicted molar refractivity (Wildman–Crippen MR) is 127 cm³/mol. The zero-order chi connectivity index (χ0) is 22.9. The van der Waals surface area contributed by atoms with Crippen LogP contribution in [0.5, 0.6) is 0 Å². The lowest BCUT2D eigenvalue weighted by Gasteiger charge is -2.34. The second kappa shape index (κ2) is 9.35. The zero-order valence-electron chi connectivity index (χ0n) is 19.3. The molecule has 0 saturated carbocycles. The van der Waals surface area contributed by atoms with Crippen molar-refractivity contribution in [1.29, 1.82) is 0 Å². The summed E-state index contributed by atoms with van der Waals surface area (Å²) in [7, 11) is -3.59. The van der Waals surface area contributed by atoms with Crippen LogP contribution in [0.25, 0.3) is 0 Å². The van der Waals surface area contributed by atoms with Crippen molar-refractivity contribution in [3.8, 4) is 0 Å². The quantitative estimate of drug-likeness (QED) is 0.629. The molecule has 2 aromatic carbocycles. The molecule has 3 rings (SSSR count). The molecule has 1 amide bonds. The second-order valence-corrected chi connectivity index (χ2v) is 11.3. The highest BCUT2D eigenvalue weighted by Crippen LogP contribution is 2.29. The topological polar surface area (TPSA) is 57.7 Å². The number of hydrogen-bond acceptors (Lipinski definition) is 4. The van der Waals surface area contributed by atoms with Gasteiger partial charge in [-0.15, -0.1) is 11.8 Å². The summed E-state index contributed by atoms with van der Waals surface area (Å²) in [5.74, 6) is 0.423. The lowest BCUT2D eigenvalue weighted by atomic mass is 10.0. The average molecular weight is 461 g/mol. The minimum atomic E-state index is -3.59. The van der Waals surface area contributed by atoms with E-state index in [2.05, 4.69) is 32.0 Å². The summed E-state index contributed by atoms with van der Waals surface area (Å²) in [6, 6.07) is 8.27. The molecule has 1 fully saturated rings. The normalized spacial score (nSPS) is 15.4. The standard InChI is InChI=1S/C24H32N2O3S2/c1-16-7-8-22(19(4)13-16)30-15-23(27)25-9-11-26(12-10-25)31(28,29)24-20(5)17(2)14-18(3)21(24)6/h7-8,13-14H,9-12,15H2,1-6H3. The van der Waals surface area contributed by atoms with Gasteiger partial charge in [-0.25, -0.2) is 8.42 Å². The van der Waals surface area contributed by atoms with Gasteiger partial charge in [0.05, 0.1) is 10.6 Å². The van der Waals surface area contributed by atoms with E-state index in [4.69, 9.17) is 0 Å². The van der Waals surface area contributed by atoms with E-state index < -0.39 is 10.0 Å². The summed E-state index contributed by atoms with van der Waals surface area (Å²) < 4.78 is 28.3. The van der Waals surface area contributed by atoms with Crippen LogP contribution in [0, 0.1) is 41.5 Å². The summed E-state index contributed by atoms with van der Waals surface area (Å²) in [4.78, 5) is 16.0. The van der Waals surface area contributed by atoms with Crippen LogP contribution < -0.4 is 0 Å². The lowest BCUT2D eigenvalue weighted by molar-refractivity contribution is -0.129. The molecule has 0 radical (unpaired) electrons. The van der Waals surface area contributed by atoms with Gasteiger partial charge in [0, 0.05) is 31.1 Å². The van der Waals surface area contributed by atoms with E-state index >= 15 is 0 Å². The van der Waals surface area contributed by atoms with E-state index in [-0.39, 0.29) is 5.91 Å². The molecule has 31 heavy (non-hydrogen) atoms. The zero-order valence-corrected chi connectivity index (χ0v) is 20.9. The van der Waals surface area contributed by atoms with Gasteiger partial charge in [0.1, 0.15) is 0 Å². The monoisotopic (exact) mass is 460 g/mol.